The van der Waals surface area contributed by atoms with Crippen LogP contribution < -0.4 is 5.73 Å². The second kappa shape index (κ2) is 8.32. The van der Waals surface area contributed by atoms with Crippen molar-refractivity contribution in [1.29, 1.82) is 0 Å². The minimum Gasteiger partial charge on any atom is -0.504 e. The van der Waals surface area contributed by atoms with Gasteiger partial charge in [-0.25, -0.2) is 0 Å². The highest BCUT2D eigenvalue weighted by Gasteiger charge is 2.30. The average molecular weight is 406 g/mol. The van der Waals surface area contributed by atoms with Gasteiger partial charge in [-0.1, -0.05) is 24.3 Å². The molecule has 6 nitrogen and oxygen atoms in total. The maximum absolute atomic E-state index is 13.3. The molecular formula is C24H26N2O4. The number of fused-ring (bicyclic) bond motifs is 1. The Morgan fingerprint density at radius 2 is 1.87 bits per heavy atom. The van der Waals surface area contributed by atoms with Gasteiger partial charge in [0.1, 0.15) is 0 Å². The van der Waals surface area contributed by atoms with Gasteiger partial charge in [0.25, 0.3) is 5.91 Å². The van der Waals surface area contributed by atoms with E-state index in [1.54, 1.807) is 11.0 Å². The van der Waals surface area contributed by atoms with Crippen LogP contribution in [-0.4, -0.2) is 39.9 Å². The van der Waals surface area contributed by atoms with Crippen molar-refractivity contribution in [2.45, 2.75) is 38.1 Å². The third kappa shape index (κ3) is 3.83. The van der Waals surface area contributed by atoms with Crippen LogP contribution in [0.2, 0.25) is 0 Å². The number of hydrogen-bond acceptors (Lipinski definition) is 5. The number of carbonyl (C=O) groups is 2. The Morgan fingerprint density at radius 3 is 2.60 bits per heavy atom. The van der Waals surface area contributed by atoms with Gasteiger partial charge in [-0.2, -0.15) is 0 Å². The molecule has 0 aromatic heterocycles. The first-order valence-electron chi connectivity index (χ1n) is 10.3. The fraction of sp³-hybridized carbons (Fsp3) is 0.333. The van der Waals surface area contributed by atoms with Crippen LogP contribution >= 0.6 is 0 Å². The van der Waals surface area contributed by atoms with Crippen molar-refractivity contribution < 1.29 is 19.8 Å². The molecule has 1 saturated heterocycles. The lowest BCUT2D eigenvalue weighted by atomic mass is 9.88. The van der Waals surface area contributed by atoms with Crippen LogP contribution in [0.25, 0.3) is 5.57 Å². The zero-order valence-electron chi connectivity index (χ0n) is 16.8. The number of allylic oxidation sites excluding steroid dienone is 1. The minimum atomic E-state index is -0.251. The van der Waals surface area contributed by atoms with E-state index >= 15 is 0 Å². The van der Waals surface area contributed by atoms with Crippen molar-refractivity contribution >= 4 is 17.3 Å². The van der Waals surface area contributed by atoms with Gasteiger partial charge < -0.3 is 20.8 Å². The third-order valence-corrected chi connectivity index (χ3v) is 6.15. The fourth-order valence-corrected chi connectivity index (χ4v) is 4.43. The van der Waals surface area contributed by atoms with Gasteiger partial charge in [-0.3, -0.25) is 9.59 Å². The highest BCUT2D eigenvalue weighted by Crippen LogP contribution is 2.38. The largest absolute Gasteiger partial charge is 0.504 e. The SMILES string of the molecule is NCc1cccc(C2CCN(C(=O)C3=CC(=O)CCc4c3ccc(O)c4O)CC2)c1. The van der Waals surface area contributed by atoms with Gasteiger partial charge in [0.2, 0.25) is 0 Å². The zero-order valence-corrected chi connectivity index (χ0v) is 16.8. The molecule has 30 heavy (non-hydrogen) atoms. The maximum atomic E-state index is 13.3. The maximum Gasteiger partial charge on any atom is 0.254 e. The summed E-state index contributed by atoms with van der Waals surface area (Å²) in [5, 5.41) is 20.1. The molecule has 0 radical (unpaired) electrons. The molecule has 156 valence electrons. The van der Waals surface area contributed by atoms with Crippen molar-refractivity contribution in [1.82, 2.24) is 4.90 Å². The van der Waals surface area contributed by atoms with Gasteiger partial charge in [0.05, 0.1) is 5.57 Å². The molecule has 2 aromatic carbocycles. The van der Waals surface area contributed by atoms with Crippen molar-refractivity contribution in [3.8, 4) is 11.5 Å². The number of phenols is 2. The predicted molar refractivity (Wildman–Crippen MR) is 114 cm³/mol. The zero-order chi connectivity index (χ0) is 21.3. The molecule has 4 N–H and O–H groups in total. The van der Waals surface area contributed by atoms with Gasteiger partial charge in [0.15, 0.2) is 17.3 Å². The lowest BCUT2D eigenvalue weighted by Crippen LogP contribution is -2.38. The number of rotatable bonds is 3. The molecule has 0 bridgehead atoms. The summed E-state index contributed by atoms with van der Waals surface area (Å²) in [6.07, 6.45) is 3.56. The summed E-state index contributed by atoms with van der Waals surface area (Å²) in [6, 6.07) is 11.3. The minimum absolute atomic E-state index is 0.151. The van der Waals surface area contributed by atoms with E-state index in [-0.39, 0.29) is 29.6 Å². The lowest BCUT2D eigenvalue weighted by Gasteiger charge is -2.33. The van der Waals surface area contributed by atoms with Crippen LogP contribution in [0.1, 0.15) is 47.4 Å². The standard InChI is InChI=1S/C24H26N2O4/c25-14-15-2-1-3-17(12-15)16-8-10-26(11-9-16)24(30)21-13-18(27)4-5-20-19(21)6-7-22(28)23(20)29/h1-3,6-7,12-13,16,28-29H,4-5,8-11,14,25H2. The van der Waals surface area contributed by atoms with Gasteiger partial charge in [-0.15, -0.1) is 0 Å². The number of aromatic hydroxyl groups is 2. The first-order valence-corrected chi connectivity index (χ1v) is 10.3. The molecule has 1 fully saturated rings. The number of ketones is 1. The van der Waals surface area contributed by atoms with Gasteiger partial charge >= 0.3 is 0 Å². The molecule has 0 atom stereocenters. The number of benzene rings is 2. The molecular weight excluding hydrogens is 380 g/mol. The van der Waals surface area contributed by atoms with Crippen LogP contribution in [0.5, 0.6) is 11.5 Å². The molecule has 0 spiro atoms. The van der Waals surface area contributed by atoms with E-state index in [1.165, 1.54) is 17.7 Å². The van der Waals surface area contributed by atoms with Crippen LogP contribution in [0.3, 0.4) is 0 Å². The van der Waals surface area contributed by atoms with E-state index in [4.69, 9.17) is 5.73 Å². The number of amides is 1. The molecule has 1 amide bonds. The molecule has 1 heterocycles. The van der Waals surface area contributed by atoms with Crippen LogP contribution in [0.4, 0.5) is 0 Å². The van der Waals surface area contributed by atoms with E-state index in [0.29, 0.717) is 48.7 Å². The van der Waals surface area contributed by atoms with Crippen LogP contribution in [-0.2, 0) is 22.6 Å². The predicted octanol–water partition coefficient (Wildman–Crippen LogP) is 2.86. The first-order chi connectivity index (χ1) is 14.5. The first kappa shape index (κ1) is 20.2. The monoisotopic (exact) mass is 406 g/mol. The Morgan fingerprint density at radius 1 is 1.10 bits per heavy atom. The van der Waals surface area contributed by atoms with Gasteiger partial charge in [0, 0.05) is 31.6 Å². The average Bonchev–Trinajstić information content (AvgIpc) is 2.95. The highest BCUT2D eigenvalue weighted by atomic mass is 16.3. The quantitative estimate of drug-likeness (QED) is 0.680. The van der Waals surface area contributed by atoms with E-state index in [1.807, 2.05) is 12.1 Å². The molecule has 0 saturated carbocycles. The number of hydrogen-bond donors (Lipinski definition) is 3. The number of nitrogens with zero attached hydrogens (tertiary/aromatic N) is 1. The smallest absolute Gasteiger partial charge is 0.254 e. The molecule has 4 rings (SSSR count). The van der Waals surface area contributed by atoms with E-state index in [9.17, 15) is 19.8 Å². The van der Waals surface area contributed by atoms with Crippen molar-refractivity contribution in [2.24, 2.45) is 5.73 Å². The van der Waals surface area contributed by atoms with Crippen LogP contribution in [0, 0.1) is 0 Å². The molecule has 2 aliphatic rings. The van der Waals surface area contributed by atoms with Gasteiger partial charge in [-0.05, 0) is 60.1 Å². The second-order valence-electron chi connectivity index (χ2n) is 8.00. The van der Waals surface area contributed by atoms with Crippen molar-refractivity contribution in [3.63, 3.8) is 0 Å². The number of likely N-dealkylation sites (tertiary alicyclic amines) is 1. The van der Waals surface area contributed by atoms with E-state index in [0.717, 1.165) is 18.4 Å². The van der Waals surface area contributed by atoms with E-state index < -0.39 is 0 Å². The Kier molecular flexibility index (Phi) is 5.59. The number of phenolic OH excluding ortho intramolecular Hbond substituents is 2. The summed E-state index contributed by atoms with van der Waals surface area (Å²) in [5.41, 5.74) is 9.39. The van der Waals surface area contributed by atoms with Crippen LogP contribution in [0.15, 0.2) is 42.5 Å². The second-order valence-corrected chi connectivity index (χ2v) is 8.00. The summed E-state index contributed by atoms with van der Waals surface area (Å²) in [7, 11) is 0. The highest BCUT2D eigenvalue weighted by molar-refractivity contribution is 6.24. The topological polar surface area (TPSA) is 104 Å². The lowest BCUT2D eigenvalue weighted by molar-refractivity contribution is -0.126. The molecule has 1 aliphatic carbocycles. The normalized spacial score (nSPS) is 17.3. The summed E-state index contributed by atoms with van der Waals surface area (Å²) >= 11 is 0. The Hall–Kier alpha value is -3.12. The number of nitrogens with two attached hydrogens (primary N) is 1. The Labute approximate surface area is 175 Å². The number of carbonyl (C=O) groups excluding carboxylic acids is 2. The summed E-state index contributed by atoms with van der Waals surface area (Å²) in [5.74, 6) is -0.471. The Bertz CT molecular complexity index is 1020. The number of piperidine rings is 1. The summed E-state index contributed by atoms with van der Waals surface area (Å²) in [6.45, 7) is 1.71. The molecule has 0 unspecified atom stereocenters. The third-order valence-electron chi connectivity index (χ3n) is 6.15. The van der Waals surface area contributed by atoms with Crippen molar-refractivity contribution in [2.75, 3.05) is 13.1 Å². The summed E-state index contributed by atoms with van der Waals surface area (Å²) < 4.78 is 0. The van der Waals surface area contributed by atoms with E-state index in [2.05, 4.69) is 12.1 Å². The molecule has 2 aromatic rings. The molecule has 6 heteroatoms. The fourth-order valence-electron chi connectivity index (χ4n) is 4.43. The van der Waals surface area contributed by atoms with Crippen molar-refractivity contribution in [3.05, 3.63) is 64.7 Å². The molecule has 1 aliphatic heterocycles. The Balaban J connectivity index is 1.54. The summed E-state index contributed by atoms with van der Waals surface area (Å²) in [4.78, 5) is 27.3.